The zero-order chi connectivity index (χ0) is 14.3. The fourth-order valence-corrected chi connectivity index (χ4v) is 1.75. The lowest BCUT2D eigenvalue weighted by molar-refractivity contribution is 0.239. The largest absolute Gasteiger partial charge is 0.493 e. The lowest BCUT2D eigenvalue weighted by atomic mass is 10.0. The minimum absolute atomic E-state index is 0.165. The van der Waals surface area contributed by atoms with E-state index in [-0.39, 0.29) is 6.10 Å². The molecular formula is C17H26O2. The summed E-state index contributed by atoms with van der Waals surface area (Å²) >= 11 is 0. The third-order valence-electron chi connectivity index (χ3n) is 2.92. The molecule has 1 rings (SSSR count). The maximum absolute atomic E-state index is 5.79. The lowest BCUT2D eigenvalue weighted by Gasteiger charge is -2.16. The van der Waals surface area contributed by atoms with Crippen molar-refractivity contribution in [1.82, 2.24) is 0 Å². The summed E-state index contributed by atoms with van der Waals surface area (Å²) < 4.78 is 11.6. The van der Waals surface area contributed by atoms with Gasteiger partial charge in [0.1, 0.15) is 11.5 Å². The Morgan fingerprint density at radius 2 is 1.84 bits per heavy atom. The van der Waals surface area contributed by atoms with E-state index in [9.17, 15) is 0 Å². The molecule has 0 fully saturated rings. The van der Waals surface area contributed by atoms with E-state index in [2.05, 4.69) is 32.6 Å². The second-order valence-electron chi connectivity index (χ2n) is 5.13. The van der Waals surface area contributed by atoms with Crippen molar-refractivity contribution in [3.05, 3.63) is 36.4 Å². The summed E-state index contributed by atoms with van der Waals surface area (Å²) in [6.45, 7) is 12.9. The van der Waals surface area contributed by atoms with Crippen LogP contribution in [0.1, 0.15) is 52.0 Å². The SMILES string of the molecule is C=CC(C)c1cc(OCCCC)cc(OC(C)C)c1. The molecule has 2 nitrogen and oxygen atoms in total. The molecule has 1 aromatic rings. The van der Waals surface area contributed by atoms with Crippen molar-refractivity contribution in [3.8, 4) is 11.5 Å². The molecule has 0 aromatic heterocycles. The zero-order valence-electron chi connectivity index (χ0n) is 12.6. The van der Waals surface area contributed by atoms with Gasteiger partial charge in [0.25, 0.3) is 0 Å². The molecule has 0 radical (unpaired) electrons. The third kappa shape index (κ3) is 5.37. The smallest absolute Gasteiger partial charge is 0.123 e. The van der Waals surface area contributed by atoms with Crippen molar-refractivity contribution in [1.29, 1.82) is 0 Å². The Kier molecular flexibility index (Phi) is 6.48. The van der Waals surface area contributed by atoms with Crippen LogP contribution < -0.4 is 9.47 Å². The Bertz CT molecular complexity index is 396. The first-order chi connectivity index (χ1) is 9.06. The van der Waals surface area contributed by atoms with Gasteiger partial charge in [-0.3, -0.25) is 0 Å². The van der Waals surface area contributed by atoms with E-state index in [1.54, 1.807) is 0 Å². The summed E-state index contributed by atoms with van der Waals surface area (Å²) in [6, 6.07) is 6.11. The highest BCUT2D eigenvalue weighted by atomic mass is 16.5. The van der Waals surface area contributed by atoms with Crippen LogP contribution in [0, 0.1) is 0 Å². The van der Waals surface area contributed by atoms with Crippen LogP contribution in [0.3, 0.4) is 0 Å². The summed E-state index contributed by atoms with van der Waals surface area (Å²) in [5, 5.41) is 0. The minimum atomic E-state index is 0.165. The van der Waals surface area contributed by atoms with E-state index in [1.807, 2.05) is 26.0 Å². The number of ether oxygens (including phenoxy) is 2. The highest BCUT2D eigenvalue weighted by Gasteiger charge is 2.08. The van der Waals surface area contributed by atoms with E-state index in [0.717, 1.165) is 30.9 Å². The van der Waals surface area contributed by atoms with Crippen LogP contribution >= 0.6 is 0 Å². The van der Waals surface area contributed by atoms with Crippen LogP contribution in [0.2, 0.25) is 0 Å². The third-order valence-corrected chi connectivity index (χ3v) is 2.92. The minimum Gasteiger partial charge on any atom is -0.493 e. The number of hydrogen-bond donors (Lipinski definition) is 0. The number of unbranched alkanes of at least 4 members (excludes halogenated alkanes) is 1. The molecule has 106 valence electrons. The lowest BCUT2D eigenvalue weighted by Crippen LogP contribution is -2.07. The molecule has 1 unspecified atom stereocenters. The van der Waals surface area contributed by atoms with Gasteiger partial charge in [-0.15, -0.1) is 6.58 Å². The molecule has 0 saturated carbocycles. The number of rotatable bonds is 8. The van der Waals surface area contributed by atoms with Gasteiger partial charge in [-0.1, -0.05) is 26.3 Å². The first-order valence-corrected chi connectivity index (χ1v) is 7.13. The monoisotopic (exact) mass is 262 g/mol. The van der Waals surface area contributed by atoms with Gasteiger partial charge >= 0.3 is 0 Å². The number of hydrogen-bond acceptors (Lipinski definition) is 2. The molecule has 0 aliphatic rings. The van der Waals surface area contributed by atoms with Gasteiger partial charge in [0.2, 0.25) is 0 Å². The summed E-state index contributed by atoms with van der Waals surface area (Å²) in [5.41, 5.74) is 1.18. The maximum Gasteiger partial charge on any atom is 0.123 e. The average Bonchev–Trinajstić information content (AvgIpc) is 2.37. The fourth-order valence-electron chi connectivity index (χ4n) is 1.75. The Morgan fingerprint density at radius 3 is 2.42 bits per heavy atom. The van der Waals surface area contributed by atoms with Crippen LogP contribution in [0.25, 0.3) is 0 Å². The van der Waals surface area contributed by atoms with E-state index in [4.69, 9.17) is 9.47 Å². The van der Waals surface area contributed by atoms with Crippen molar-refractivity contribution < 1.29 is 9.47 Å². The predicted octanol–water partition coefficient (Wildman–Crippen LogP) is 4.94. The second-order valence-corrected chi connectivity index (χ2v) is 5.13. The first-order valence-electron chi connectivity index (χ1n) is 7.13. The van der Waals surface area contributed by atoms with Crippen molar-refractivity contribution in [2.24, 2.45) is 0 Å². The Balaban J connectivity index is 2.91. The fraction of sp³-hybridized carbons (Fsp3) is 0.529. The van der Waals surface area contributed by atoms with Crippen LogP contribution in [0.15, 0.2) is 30.9 Å². The topological polar surface area (TPSA) is 18.5 Å². The van der Waals surface area contributed by atoms with E-state index in [0.29, 0.717) is 5.92 Å². The number of benzene rings is 1. The molecular weight excluding hydrogens is 236 g/mol. The molecule has 0 amide bonds. The normalized spacial score (nSPS) is 12.3. The Morgan fingerprint density at radius 1 is 1.16 bits per heavy atom. The first kappa shape index (κ1) is 15.6. The summed E-state index contributed by atoms with van der Waals surface area (Å²) in [5.74, 6) is 2.05. The second kappa shape index (κ2) is 7.88. The molecule has 0 bridgehead atoms. The van der Waals surface area contributed by atoms with E-state index < -0.39 is 0 Å². The number of allylic oxidation sites excluding steroid dienone is 1. The highest BCUT2D eigenvalue weighted by molar-refractivity contribution is 5.41. The van der Waals surface area contributed by atoms with Crippen molar-refractivity contribution in [2.75, 3.05) is 6.61 Å². The summed E-state index contributed by atoms with van der Waals surface area (Å²) in [4.78, 5) is 0. The van der Waals surface area contributed by atoms with Crippen molar-refractivity contribution in [2.45, 2.75) is 52.6 Å². The van der Waals surface area contributed by atoms with Gasteiger partial charge in [-0.25, -0.2) is 0 Å². The summed E-state index contributed by atoms with van der Waals surface area (Å²) in [6.07, 6.45) is 4.31. The zero-order valence-corrected chi connectivity index (χ0v) is 12.6. The molecule has 0 aliphatic carbocycles. The van der Waals surface area contributed by atoms with E-state index >= 15 is 0 Å². The van der Waals surface area contributed by atoms with Gasteiger partial charge in [0, 0.05) is 6.07 Å². The molecule has 0 saturated heterocycles. The van der Waals surface area contributed by atoms with Gasteiger partial charge in [0.05, 0.1) is 12.7 Å². The molecule has 0 spiro atoms. The van der Waals surface area contributed by atoms with Gasteiger partial charge in [-0.05, 0) is 43.9 Å². The molecule has 19 heavy (non-hydrogen) atoms. The van der Waals surface area contributed by atoms with Crippen molar-refractivity contribution in [3.63, 3.8) is 0 Å². The van der Waals surface area contributed by atoms with Crippen LogP contribution in [-0.2, 0) is 0 Å². The van der Waals surface area contributed by atoms with Gasteiger partial charge < -0.3 is 9.47 Å². The predicted molar refractivity (Wildman–Crippen MR) is 81.2 cm³/mol. The molecule has 1 aromatic carbocycles. The molecule has 0 aliphatic heterocycles. The van der Waals surface area contributed by atoms with Crippen LogP contribution in [-0.4, -0.2) is 12.7 Å². The Hall–Kier alpha value is -1.44. The average molecular weight is 262 g/mol. The molecule has 0 N–H and O–H groups in total. The summed E-state index contributed by atoms with van der Waals surface area (Å²) in [7, 11) is 0. The van der Waals surface area contributed by atoms with E-state index in [1.165, 1.54) is 5.56 Å². The molecule has 1 atom stereocenters. The maximum atomic E-state index is 5.79. The quantitative estimate of drug-likeness (QED) is 0.488. The molecule has 0 heterocycles. The van der Waals surface area contributed by atoms with Crippen LogP contribution in [0.5, 0.6) is 11.5 Å². The van der Waals surface area contributed by atoms with Crippen molar-refractivity contribution >= 4 is 0 Å². The van der Waals surface area contributed by atoms with Gasteiger partial charge in [-0.2, -0.15) is 0 Å². The highest BCUT2D eigenvalue weighted by Crippen LogP contribution is 2.28. The van der Waals surface area contributed by atoms with Gasteiger partial charge in [0.15, 0.2) is 0 Å². The standard InChI is InChI=1S/C17H26O2/c1-6-8-9-18-16-10-15(14(5)7-2)11-17(12-16)19-13(3)4/h7,10-14H,2,6,8-9H2,1,3-5H3. The Labute approximate surface area is 117 Å². The molecule has 2 heteroatoms. The van der Waals surface area contributed by atoms with Crippen LogP contribution in [0.4, 0.5) is 0 Å².